The summed E-state index contributed by atoms with van der Waals surface area (Å²) in [7, 11) is 0. The molecule has 150 valence electrons. The average molecular weight is 494 g/mol. The molecule has 0 saturated heterocycles. The molecule has 0 aliphatic heterocycles. The van der Waals surface area contributed by atoms with Gasteiger partial charge in [0.15, 0.2) is 5.13 Å². The molecule has 3 aromatic rings. The monoisotopic (exact) mass is 492 g/mol. The molecule has 0 radical (unpaired) electrons. The molecule has 0 fully saturated rings. The molecular formula is C20H18BrClN4O2S. The van der Waals surface area contributed by atoms with Crippen LogP contribution in [0.15, 0.2) is 52.3 Å². The molecule has 0 atom stereocenters. The average Bonchev–Trinajstić information content (AvgIpc) is 3.10. The largest absolute Gasteiger partial charge is 0.326 e. The summed E-state index contributed by atoms with van der Waals surface area (Å²) in [6.07, 6.45) is 0.780. The molecule has 2 aromatic carbocycles. The number of hydrogen-bond acceptors (Lipinski definition) is 4. The number of carbonyl (C=O) groups excluding carboxylic acids is 2. The van der Waals surface area contributed by atoms with Crippen molar-refractivity contribution in [2.45, 2.75) is 19.8 Å². The molecule has 0 spiro atoms. The first-order valence-electron chi connectivity index (χ1n) is 8.73. The second-order valence-electron chi connectivity index (χ2n) is 6.25. The van der Waals surface area contributed by atoms with Crippen LogP contribution in [0.1, 0.15) is 17.7 Å². The van der Waals surface area contributed by atoms with E-state index in [0.717, 1.165) is 21.4 Å². The van der Waals surface area contributed by atoms with Crippen molar-refractivity contribution in [1.29, 1.82) is 0 Å². The zero-order valence-electron chi connectivity index (χ0n) is 15.5. The van der Waals surface area contributed by atoms with Gasteiger partial charge in [-0.2, -0.15) is 0 Å². The number of anilines is 3. The van der Waals surface area contributed by atoms with Gasteiger partial charge in [0.1, 0.15) is 0 Å². The van der Waals surface area contributed by atoms with Crippen LogP contribution in [0.25, 0.3) is 0 Å². The Bertz CT molecular complexity index is 1040. The van der Waals surface area contributed by atoms with Gasteiger partial charge in [0.25, 0.3) is 0 Å². The van der Waals surface area contributed by atoms with Gasteiger partial charge in [0, 0.05) is 32.7 Å². The van der Waals surface area contributed by atoms with Crippen LogP contribution in [-0.2, 0) is 11.2 Å². The lowest BCUT2D eigenvalue weighted by Gasteiger charge is -2.06. The lowest BCUT2D eigenvalue weighted by atomic mass is 10.2. The summed E-state index contributed by atoms with van der Waals surface area (Å²) >= 11 is 10.6. The van der Waals surface area contributed by atoms with Crippen molar-refractivity contribution in [3.8, 4) is 0 Å². The van der Waals surface area contributed by atoms with Gasteiger partial charge >= 0.3 is 6.03 Å². The van der Waals surface area contributed by atoms with Crippen LogP contribution in [0.3, 0.4) is 0 Å². The molecule has 0 saturated carbocycles. The number of benzene rings is 2. The third-order valence-electron chi connectivity index (χ3n) is 3.90. The predicted molar refractivity (Wildman–Crippen MR) is 122 cm³/mol. The smallest absolute Gasteiger partial charge is 0.325 e. The lowest BCUT2D eigenvalue weighted by Crippen LogP contribution is -2.19. The van der Waals surface area contributed by atoms with Crippen LogP contribution in [0.5, 0.6) is 0 Å². The zero-order chi connectivity index (χ0) is 20.8. The third kappa shape index (κ3) is 6.56. The number of nitrogens with one attached hydrogen (secondary N) is 3. The first kappa shape index (κ1) is 21.3. The molecule has 0 bridgehead atoms. The van der Waals surface area contributed by atoms with Gasteiger partial charge in [0.2, 0.25) is 5.91 Å². The fraction of sp³-hybridized carbons (Fsp3) is 0.150. The lowest BCUT2D eigenvalue weighted by molar-refractivity contribution is -0.116. The molecule has 3 amide bonds. The fourth-order valence-corrected chi connectivity index (χ4v) is 3.67. The van der Waals surface area contributed by atoms with Crippen molar-refractivity contribution in [3.63, 3.8) is 0 Å². The SMILES string of the molecule is Cc1cc(NC(=O)CCc2csc(NC(=O)Nc3cccc(Cl)c3)n2)ccc1Br. The van der Waals surface area contributed by atoms with Gasteiger partial charge < -0.3 is 10.6 Å². The summed E-state index contributed by atoms with van der Waals surface area (Å²) < 4.78 is 0.998. The highest BCUT2D eigenvalue weighted by Crippen LogP contribution is 2.21. The van der Waals surface area contributed by atoms with E-state index in [0.29, 0.717) is 28.7 Å². The van der Waals surface area contributed by atoms with Crippen molar-refractivity contribution < 1.29 is 9.59 Å². The Hall–Kier alpha value is -2.42. The van der Waals surface area contributed by atoms with E-state index in [-0.39, 0.29) is 5.91 Å². The maximum Gasteiger partial charge on any atom is 0.325 e. The van der Waals surface area contributed by atoms with Crippen molar-refractivity contribution in [1.82, 2.24) is 4.98 Å². The maximum atomic E-state index is 12.2. The van der Waals surface area contributed by atoms with Crippen LogP contribution in [0.4, 0.5) is 21.3 Å². The van der Waals surface area contributed by atoms with Gasteiger partial charge in [-0.15, -0.1) is 11.3 Å². The van der Waals surface area contributed by atoms with E-state index in [1.54, 1.807) is 24.3 Å². The molecule has 29 heavy (non-hydrogen) atoms. The number of rotatable bonds is 6. The number of aryl methyl sites for hydroxylation is 2. The Morgan fingerprint density at radius 3 is 2.66 bits per heavy atom. The number of aromatic nitrogens is 1. The molecular weight excluding hydrogens is 476 g/mol. The molecule has 9 heteroatoms. The van der Waals surface area contributed by atoms with E-state index >= 15 is 0 Å². The van der Waals surface area contributed by atoms with Crippen molar-refractivity contribution in [2.24, 2.45) is 0 Å². The molecule has 1 heterocycles. The highest BCUT2D eigenvalue weighted by atomic mass is 79.9. The number of urea groups is 1. The van der Waals surface area contributed by atoms with Gasteiger partial charge in [-0.3, -0.25) is 10.1 Å². The summed E-state index contributed by atoms with van der Waals surface area (Å²) in [5.74, 6) is -0.0899. The minimum atomic E-state index is -0.406. The second kappa shape index (κ2) is 9.87. The van der Waals surface area contributed by atoms with Crippen LogP contribution in [0.2, 0.25) is 5.02 Å². The Labute approximate surface area is 185 Å². The number of hydrogen-bond donors (Lipinski definition) is 3. The van der Waals surface area contributed by atoms with Gasteiger partial charge in [-0.05, 0) is 55.3 Å². The molecule has 0 unspecified atom stereocenters. The van der Waals surface area contributed by atoms with Crippen LogP contribution < -0.4 is 16.0 Å². The molecule has 1 aromatic heterocycles. The number of amides is 3. The summed E-state index contributed by atoms with van der Waals surface area (Å²) in [6, 6.07) is 12.1. The van der Waals surface area contributed by atoms with Crippen molar-refractivity contribution in [3.05, 3.63) is 68.6 Å². The quantitative estimate of drug-likeness (QED) is 0.389. The number of nitrogens with zero attached hydrogens (tertiary/aromatic N) is 1. The molecule has 0 aliphatic carbocycles. The Balaban J connectivity index is 1.47. The third-order valence-corrected chi connectivity index (χ3v) is 5.84. The Kier molecular flexibility index (Phi) is 7.24. The number of carbonyl (C=O) groups is 2. The standard InChI is InChI=1S/C20H18BrClN4O2S/c1-12-9-15(5-7-17(12)21)23-18(27)8-6-16-11-29-20(25-16)26-19(28)24-14-4-2-3-13(22)10-14/h2-5,7,9-11H,6,8H2,1H3,(H,23,27)(H2,24,25,26,28). The Morgan fingerprint density at radius 2 is 1.90 bits per heavy atom. The van der Waals surface area contributed by atoms with E-state index in [1.165, 1.54) is 11.3 Å². The topological polar surface area (TPSA) is 83.1 Å². The predicted octanol–water partition coefficient (Wildman–Crippen LogP) is 6.08. The zero-order valence-corrected chi connectivity index (χ0v) is 18.6. The van der Waals surface area contributed by atoms with E-state index in [4.69, 9.17) is 11.6 Å². The molecule has 0 aliphatic rings. The molecule has 3 N–H and O–H groups in total. The number of halogens is 2. The van der Waals surface area contributed by atoms with E-state index in [9.17, 15) is 9.59 Å². The van der Waals surface area contributed by atoms with E-state index < -0.39 is 6.03 Å². The fourth-order valence-electron chi connectivity index (χ4n) is 2.49. The summed E-state index contributed by atoms with van der Waals surface area (Å²) in [5.41, 5.74) is 3.14. The summed E-state index contributed by atoms with van der Waals surface area (Å²) in [6.45, 7) is 1.96. The Morgan fingerprint density at radius 1 is 1.10 bits per heavy atom. The minimum Gasteiger partial charge on any atom is -0.326 e. The minimum absolute atomic E-state index is 0.0899. The maximum absolute atomic E-state index is 12.2. The highest BCUT2D eigenvalue weighted by molar-refractivity contribution is 9.10. The van der Waals surface area contributed by atoms with Crippen LogP contribution in [-0.4, -0.2) is 16.9 Å². The highest BCUT2D eigenvalue weighted by Gasteiger charge is 2.10. The normalized spacial score (nSPS) is 10.4. The van der Waals surface area contributed by atoms with Crippen molar-refractivity contribution >= 4 is 67.3 Å². The summed E-state index contributed by atoms with van der Waals surface area (Å²) in [4.78, 5) is 28.6. The van der Waals surface area contributed by atoms with Crippen molar-refractivity contribution in [2.75, 3.05) is 16.0 Å². The summed E-state index contributed by atoms with van der Waals surface area (Å²) in [5, 5.41) is 11.1. The van der Waals surface area contributed by atoms with Gasteiger partial charge in [-0.1, -0.05) is 33.6 Å². The van der Waals surface area contributed by atoms with E-state index in [2.05, 4.69) is 36.9 Å². The first-order valence-corrected chi connectivity index (χ1v) is 10.8. The van der Waals surface area contributed by atoms with E-state index in [1.807, 2.05) is 30.5 Å². The van der Waals surface area contributed by atoms with Gasteiger partial charge in [-0.25, -0.2) is 9.78 Å². The second-order valence-corrected chi connectivity index (χ2v) is 8.39. The first-order chi connectivity index (χ1) is 13.9. The molecule has 3 rings (SSSR count). The van der Waals surface area contributed by atoms with Crippen LogP contribution >= 0.6 is 38.9 Å². The van der Waals surface area contributed by atoms with Gasteiger partial charge in [0.05, 0.1) is 5.69 Å². The number of thiazole rings is 1. The van der Waals surface area contributed by atoms with Crippen LogP contribution in [0, 0.1) is 6.92 Å². The molecule has 6 nitrogen and oxygen atoms in total.